The second-order valence-corrected chi connectivity index (χ2v) is 6.50. The molecule has 0 aliphatic carbocycles. The zero-order valence-electron chi connectivity index (χ0n) is 15.8. The first-order valence-electron chi connectivity index (χ1n) is 9.33. The molecule has 148 valence electrons. The number of nitrogens with two attached hydrogens (primary N) is 1. The van der Waals surface area contributed by atoms with E-state index in [2.05, 4.69) is 27.4 Å². The van der Waals surface area contributed by atoms with E-state index in [1.807, 2.05) is 60.7 Å². The smallest absolute Gasteiger partial charge is 0.238 e. The number of carbonyl (C=O) groups excluding carboxylic acids is 1. The van der Waals surface area contributed by atoms with Crippen LogP contribution in [0, 0.1) is 0 Å². The summed E-state index contributed by atoms with van der Waals surface area (Å²) in [5.74, 6) is 1.80. The van der Waals surface area contributed by atoms with Gasteiger partial charge in [0.1, 0.15) is 18.0 Å². The molecule has 3 aromatic carbocycles. The number of carbonyl (C=O) groups is 1. The van der Waals surface area contributed by atoms with Crippen molar-refractivity contribution in [3.63, 3.8) is 0 Å². The van der Waals surface area contributed by atoms with Crippen LogP contribution < -0.4 is 26.7 Å². The van der Waals surface area contributed by atoms with E-state index in [-0.39, 0.29) is 12.5 Å². The van der Waals surface area contributed by atoms with E-state index in [9.17, 15) is 4.79 Å². The summed E-state index contributed by atoms with van der Waals surface area (Å²) < 4.78 is 6.14. The number of benzene rings is 3. The summed E-state index contributed by atoms with van der Waals surface area (Å²) in [7, 11) is 0. The average molecular weight is 390 g/mol. The number of fused-ring (bicyclic) bond motifs is 1. The highest BCUT2D eigenvalue weighted by atomic mass is 16.5. The molecule has 5 N–H and O–H groups in total. The summed E-state index contributed by atoms with van der Waals surface area (Å²) in [5, 5.41) is 10.7. The van der Waals surface area contributed by atoms with Crippen LogP contribution >= 0.6 is 0 Å². The molecule has 1 amide bonds. The molecule has 1 aliphatic rings. The Bertz CT molecular complexity index is 1050. The van der Waals surface area contributed by atoms with Gasteiger partial charge in [-0.3, -0.25) is 10.2 Å². The van der Waals surface area contributed by atoms with E-state index in [1.54, 1.807) is 0 Å². The van der Waals surface area contributed by atoms with Gasteiger partial charge in [0.2, 0.25) is 5.91 Å². The van der Waals surface area contributed by atoms with E-state index in [1.165, 1.54) is 5.12 Å². The number of amides is 1. The van der Waals surface area contributed by atoms with Gasteiger partial charge < -0.3 is 15.8 Å². The normalized spacial score (nSPS) is 13.5. The third-order valence-electron chi connectivity index (χ3n) is 4.38. The molecule has 1 heterocycles. The molecule has 0 spiro atoms. The van der Waals surface area contributed by atoms with Gasteiger partial charge in [0.25, 0.3) is 0 Å². The van der Waals surface area contributed by atoms with Crippen molar-refractivity contribution in [3.8, 4) is 11.5 Å². The molecule has 29 heavy (non-hydrogen) atoms. The topological polar surface area (TPSA) is 104 Å². The van der Waals surface area contributed by atoms with E-state index in [0.29, 0.717) is 24.7 Å². The molecule has 0 atom stereocenters. The highest BCUT2D eigenvalue weighted by molar-refractivity contribution is 6.01. The first-order valence-corrected chi connectivity index (χ1v) is 9.33. The fourth-order valence-electron chi connectivity index (χ4n) is 3.00. The van der Waals surface area contributed by atoms with Crippen LogP contribution in [-0.4, -0.2) is 36.5 Å². The van der Waals surface area contributed by atoms with Gasteiger partial charge in [0.15, 0.2) is 5.84 Å². The maximum atomic E-state index is 11.9. The van der Waals surface area contributed by atoms with Crippen LogP contribution in [0.3, 0.4) is 0 Å². The van der Waals surface area contributed by atoms with Gasteiger partial charge in [-0.25, -0.2) is 5.53 Å². The Hall–Kier alpha value is -3.62. The lowest BCUT2D eigenvalue weighted by Crippen LogP contribution is -2.48. The van der Waals surface area contributed by atoms with Crippen molar-refractivity contribution >= 4 is 22.5 Å². The summed E-state index contributed by atoms with van der Waals surface area (Å²) in [6.07, 6.45) is 0. The predicted molar refractivity (Wildman–Crippen MR) is 112 cm³/mol. The minimum atomic E-state index is -0.160. The molecule has 4 rings (SSSR count). The van der Waals surface area contributed by atoms with Gasteiger partial charge in [-0.05, 0) is 35.0 Å². The first kappa shape index (κ1) is 18.7. The first-order chi connectivity index (χ1) is 14.2. The van der Waals surface area contributed by atoms with Crippen LogP contribution in [0.1, 0.15) is 5.56 Å². The monoisotopic (exact) mass is 390 g/mol. The van der Waals surface area contributed by atoms with Gasteiger partial charge in [0.05, 0.1) is 5.56 Å². The number of hydrazone groups is 1. The number of para-hydroxylation sites is 1. The third-order valence-corrected chi connectivity index (χ3v) is 4.38. The van der Waals surface area contributed by atoms with Crippen molar-refractivity contribution in [1.29, 1.82) is 0 Å². The quantitative estimate of drug-likeness (QED) is 0.490. The number of amidine groups is 1. The molecule has 8 heteroatoms. The van der Waals surface area contributed by atoms with Gasteiger partial charge >= 0.3 is 0 Å². The molecular formula is C21H22N6O2. The second kappa shape index (κ2) is 8.59. The molecule has 0 unspecified atom stereocenters. The maximum Gasteiger partial charge on any atom is 0.238 e. The van der Waals surface area contributed by atoms with Crippen LogP contribution in [0.5, 0.6) is 11.5 Å². The summed E-state index contributed by atoms with van der Waals surface area (Å²) in [4.78, 5) is 11.9. The van der Waals surface area contributed by atoms with Crippen LogP contribution in [0.25, 0.3) is 10.8 Å². The van der Waals surface area contributed by atoms with E-state index in [0.717, 1.165) is 22.1 Å². The summed E-state index contributed by atoms with van der Waals surface area (Å²) >= 11 is 0. The van der Waals surface area contributed by atoms with E-state index >= 15 is 0 Å². The fourth-order valence-corrected chi connectivity index (χ4v) is 3.00. The number of hydrazine groups is 2. The summed E-state index contributed by atoms with van der Waals surface area (Å²) in [6, 6.07) is 21.7. The Morgan fingerprint density at radius 3 is 2.72 bits per heavy atom. The molecular weight excluding hydrogens is 368 g/mol. The number of nitrogens with one attached hydrogen (secondary N) is 3. The van der Waals surface area contributed by atoms with Gasteiger partial charge in [0, 0.05) is 13.1 Å². The van der Waals surface area contributed by atoms with Crippen LogP contribution in [-0.2, 0) is 4.79 Å². The zero-order chi connectivity index (χ0) is 20.1. The van der Waals surface area contributed by atoms with Crippen LogP contribution in [0.15, 0.2) is 71.8 Å². The molecule has 0 saturated heterocycles. The molecule has 1 aliphatic heterocycles. The Balaban J connectivity index is 1.48. The molecule has 3 aromatic rings. The van der Waals surface area contributed by atoms with E-state index < -0.39 is 0 Å². The molecule has 0 fully saturated rings. The standard InChI is InChI=1S/C21H22N6O2/c22-11-12-23-20(28)14-27-25-21(24-26-27)18-7-3-4-8-19(18)29-17-10-9-15-5-1-2-6-16(15)13-17/h1-10,13,26H,11-12,14,22H2,(H,23,28)(H,24,25). The number of hydrogen-bond donors (Lipinski definition) is 4. The lowest BCUT2D eigenvalue weighted by atomic mass is 10.1. The predicted octanol–water partition coefficient (Wildman–Crippen LogP) is 1.69. The van der Waals surface area contributed by atoms with Crippen LogP contribution in [0.4, 0.5) is 0 Å². The number of ether oxygens (including phenoxy) is 1. The van der Waals surface area contributed by atoms with Crippen molar-refractivity contribution in [2.45, 2.75) is 0 Å². The average Bonchev–Trinajstić information content (AvgIpc) is 3.20. The van der Waals surface area contributed by atoms with Crippen molar-refractivity contribution in [1.82, 2.24) is 21.4 Å². The largest absolute Gasteiger partial charge is 0.457 e. The Morgan fingerprint density at radius 2 is 1.86 bits per heavy atom. The van der Waals surface area contributed by atoms with Gasteiger partial charge in [-0.15, -0.1) is 10.2 Å². The molecule has 0 saturated carbocycles. The fraction of sp³-hybridized carbons (Fsp3) is 0.143. The van der Waals surface area contributed by atoms with Crippen molar-refractivity contribution < 1.29 is 9.53 Å². The Labute approximate surface area is 168 Å². The minimum Gasteiger partial charge on any atom is -0.457 e. The molecule has 0 aromatic heterocycles. The maximum absolute atomic E-state index is 11.9. The molecule has 8 nitrogen and oxygen atoms in total. The second-order valence-electron chi connectivity index (χ2n) is 6.50. The zero-order valence-corrected chi connectivity index (χ0v) is 15.8. The summed E-state index contributed by atoms with van der Waals surface area (Å²) in [5.41, 5.74) is 12.0. The van der Waals surface area contributed by atoms with Gasteiger partial charge in [-0.2, -0.15) is 0 Å². The highest BCUT2D eigenvalue weighted by Crippen LogP contribution is 2.28. The minimum absolute atomic E-state index is 0.0840. The lowest BCUT2D eigenvalue weighted by molar-refractivity contribution is -0.123. The van der Waals surface area contributed by atoms with Gasteiger partial charge in [-0.1, -0.05) is 42.5 Å². The number of rotatable bonds is 7. The number of hydrogen-bond acceptors (Lipinski definition) is 7. The highest BCUT2D eigenvalue weighted by Gasteiger charge is 2.21. The Morgan fingerprint density at radius 1 is 1.07 bits per heavy atom. The Kier molecular flexibility index (Phi) is 5.55. The number of nitrogens with zero attached hydrogens (tertiary/aromatic N) is 2. The SMILES string of the molecule is NCCNC(=O)CN1NN=C(c2ccccc2Oc2ccc3ccccc3c2)N1. The van der Waals surface area contributed by atoms with Crippen molar-refractivity contribution in [2.24, 2.45) is 10.8 Å². The third kappa shape index (κ3) is 4.45. The lowest BCUT2D eigenvalue weighted by Gasteiger charge is -2.16. The van der Waals surface area contributed by atoms with Crippen molar-refractivity contribution in [2.75, 3.05) is 19.6 Å². The van der Waals surface area contributed by atoms with Crippen molar-refractivity contribution in [3.05, 3.63) is 72.3 Å². The summed E-state index contributed by atoms with van der Waals surface area (Å²) in [6.45, 7) is 0.914. The molecule has 0 radical (unpaired) electrons. The molecule has 0 bridgehead atoms. The van der Waals surface area contributed by atoms with Crippen LogP contribution in [0.2, 0.25) is 0 Å². The van der Waals surface area contributed by atoms with E-state index in [4.69, 9.17) is 10.5 Å².